The predicted molar refractivity (Wildman–Crippen MR) is 85.7 cm³/mol. The zero-order chi connectivity index (χ0) is 17.3. The van der Waals surface area contributed by atoms with Crippen LogP contribution in [0, 0.1) is 5.82 Å². The summed E-state index contributed by atoms with van der Waals surface area (Å²) in [5, 5.41) is 9.84. The summed E-state index contributed by atoms with van der Waals surface area (Å²) in [4.78, 5) is 13.6. The fraction of sp³-hybridized carbons (Fsp3) is 0.0625. The normalized spacial score (nSPS) is 11.7. The molecule has 6 nitrogen and oxygen atoms in total. The van der Waals surface area contributed by atoms with Crippen molar-refractivity contribution in [2.45, 2.75) is 11.4 Å². The molecule has 3 rings (SSSR count). The van der Waals surface area contributed by atoms with E-state index in [-0.39, 0.29) is 6.54 Å². The Labute approximate surface area is 137 Å². The number of hydrogen-bond donors (Lipinski definition) is 3. The smallest absolute Gasteiger partial charge is 0.335 e. The number of carboxylic acid groups (broad SMARTS) is 1. The third-order valence-electron chi connectivity index (χ3n) is 3.47. The highest BCUT2D eigenvalue weighted by atomic mass is 32.2. The van der Waals surface area contributed by atoms with Crippen LogP contribution in [-0.2, 0) is 16.6 Å². The number of aromatic amines is 1. The van der Waals surface area contributed by atoms with Gasteiger partial charge < -0.3 is 10.1 Å². The van der Waals surface area contributed by atoms with Gasteiger partial charge in [0.15, 0.2) is 0 Å². The fourth-order valence-corrected chi connectivity index (χ4v) is 3.39. The quantitative estimate of drug-likeness (QED) is 0.659. The number of aromatic nitrogens is 1. The third kappa shape index (κ3) is 3.29. The molecule has 3 aromatic rings. The summed E-state index contributed by atoms with van der Waals surface area (Å²) in [5.74, 6) is -2.33. The first-order chi connectivity index (χ1) is 11.3. The Bertz CT molecular complexity index is 994. The van der Waals surface area contributed by atoms with Crippen LogP contribution in [0.4, 0.5) is 4.39 Å². The Hall–Kier alpha value is -2.71. The largest absolute Gasteiger partial charge is 0.478 e. The molecule has 0 spiro atoms. The number of benzene rings is 2. The van der Waals surface area contributed by atoms with Crippen molar-refractivity contribution < 1.29 is 22.7 Å². The van der Waals surface area contributed by atoms with Crippen LogP contribution < -0.4 is 4.72 Å². The third-order valence-corrected chi connectivity index (χ3v) is 4.85. The average Bonchev–Trinajstić information content (AvgIpc) is 2.95. The summed E-state index contributed by atoms with van der Waals surface area (Å²) in [7, 11) is -4.05. The van der Waals surface area contributed by atoms with Crippen molar-refractivity contribution in [3.05, 3.63) is 65.6 Å². The topological polar surface area (TPSA) is 99.3 Å². The second-order valence-electron chi connectivity index (χ2n) is 5.19. The minimum atomic E-state index is -4.05. The molecule has 0 bridgehead atoms. The molecule has 2 aromatic carbocycles. The van der Waals surface area contributed by atoms with Crippen LogP contribution >= 0.6 is 0 Å². The fourth-order valence-electron chi connectivity index (χ4n) is 2.33. The lowest BCUT2D eigenvalue weighted by molar-refractivity contribution is 0.0696. The van der Waals surface area contributed by atoms with Gasteiger partial charge >= 0.3 is 5.97 Å². The number of carboxylic acids is 1. The lowest BCUT2D eigenvalue weighted by Crippen LogP contribution is -2.24. The van der Waals surface area contributed by atoms with Gasteiger partial charge in [0.1, 0.15) is 5.82 Å². The minimum Gasteiger partial charge on any atom is -0.478 e. The van der Waals surface area contributed by atoms with E-state index in [1.165, 1.54) is 0 Å². The molecule has 0 aliphatic rings. The van der Waals surface area contributed by atoms with Crippen LogP contribution in [0.25, 0.3) is 10.9 Å². The molecule has 1 aromatic heterocycles. The van der Waals surface area contributed by atoms with Crippen molar-refractivity contribution in [1.29, 1.82) is 0 Å². The van der Waals surface area contributed by atoms with Crippen LogP contribution in [0.5, 0.6) is 0 Å². The zero-order valence-corrected chi connectivity index (χ0v) is 13.1. The summed E-state index contributed by atoms with van der Waals surface area (Å²) in [6.45, 7) is -0.0318. The summed E-state index contributed by atoms with van der Waals surface area (Å²) in [6.07, 6.45) is 0. The molecule has 0 unspecified atom stereocenters. The lowest BCUT2D eigenvalue weighted by Gasteiger charge is -2.07. The number of carbonyl (C=O) groups is 1. The van der Waals surface area contributed by atoms with Gasteiger partial charge in [0.25, 0.3) is 0 Å². The summed E-state index contributed by atoms with van der Waals surface area (Å²) < 4.78 is 40.3. The second-order valence-corrected chi connectivity index (χ2v) is 6.95. The zero-order valence-electron chi connectivity index (χ0n) is 12.3. The number of aromatic carboxylic acids is 1. The molecule has 24 heavy (non-hydrogen) atoms. The number of nitrogens with one attached hydrogen (secondary N) is 2. The van der Waals surface area contributed by atoms with Gasteiger partial charge in [0, 0.05) is 11.2 Å². The monoisotopic (exact) mass is 348 g/mol. The second kappa shape index (κ2) is 6.06. The molecule has 8 heteroatoms. The maximum atomic E-state index is 13.5. The van der Waals surface area contributed by atoms with Gasteiger partial charge in [-0.3, -0.25) is 0 Å². The van der Waals surface area contributed by atoms with E-state index in [4.69, 9.17) is 5.11 Å². The van der Waals surface area contributed by atoms with Crippen molar-refractivity contribution in [3.63, 3.8) is 0 Å². The van der Waals surface area contributed by atoms with Crippen molar-refractivity contribution in [3.8, 4) is 0 Å². The van der Waals surface area contributed by atoms with Gasteiger partial charge in [-0.05, 0) is 35.7 Å². The van der Waals surface area contributed by atoms with Crippen molar-refractivity contribution >= 4 is 26.9 Å². The molecule has 0 aliphatic heterocycles. The molecule has 0 saturated carbocycles. The Morgan fingerprint density at radius 2 is 1.92 bits per heavy atom. The molecule has 3 N–H and O–H groups in total. The van der Waals surface area contributed by atoms with E-state index >= 15 is 0 Å². The van der Waals surface area contributed by atoms with E-state index < -0.39 is 32.3 Å². The van der Waals surface area contributed by atoms with Crippen LogP contribution in [0.2, 0.25) is 0 Å². The number of sulfonamides is 1. The van der Waals surface area contributed by atoms with Crippen molar-refractivity contribution in [1.82, 2.24) is 9.71 Å². The highest BCUT2D eigenvalue weighted by Gasteiger charge is 2.18. The highest BCUT2D eigenvalue weighted by molar-refractivity contribution is 7.89. The molecule has 0 saturated heterocycles. The molecular formula is C16H13FN2O4S. The van der Waals surface area contributed by atoms with E-state index in [2.05, 4.69) is 9.71 Å². The molecular weight excluding hydrogens is 335 g/mol. The van der Waals surface area contributed by atoms with E-state index in [0.717, 1.165) is 29.1 Å². The van der Waals surface area contributed by atoms with Gasteiger partial charge in [0.05, 0.1) is 17.0 Å². The van der Waals surface area contributed by atoms with E-state index in [1.807, 2.05) is 24.3 Å². The van der Waals surface area contributed by atoms with E-state index in [9.17, 15) is 17.6 Å². The van der Waals surface area contributed by atoms with Gasteiger partial charge in [-0.2, -0.15) is 0 Å². The van der Waals surface area contributed by atoms with Crippen LogP contribution in [-0.4, -0.2) is 24.5 Å². The Morgan fingerprint density at radius 1 is 1.17 bits per heavy atom. The van der Waals surface area contributed by atoms with Crippen LogP contribution in [0.1, 0.15) is 16.1 Å². The first-order valence-corrected chi connectivity index (χ1v) is 8.44. The molecule has 1 heterocycles. The number of H-pyrrole nitrogens is 1. The minimum absolute atomic E-state index is 0.0318. The maximum absolute atomic E-state index is 13.5. The summed E-state index contributed by atoms with van der Waals surface area (Å²) in [6, 6.07) is 11.7. The summed E-state index contributed by atoms with van der Waals surface area (Å²) in [5.41, 5.74) is 1.07. The Balaban J connectivity index is 1.84. The van der Waals surface area contributed by atoms with Crippen molar-refractivity contribution in [2.24, 2.45) is 0 Å². The van der Waals surface area contributed by atoms with Crippen LogP contribution in [0.3, 0.4) is 0 Å². The first kappa shape index (κ1) is 16.2. The van der Waals surface area contributed by atoms with Gasteiger partial charge in [-0.25, -0.2) is 22.3 Å². The number of halogens is 1. The predicted octanol–water partition coefficient (Wildman–Crippen LogP) is 2.48. The SMILES string of the molecule is O=C(O)c1cc(F)cc(S(=O)(=O)NCc2cc3ccccc3[nH]2)c1. The molecule has 0 atom stereocenters. The van der Waals surface area contributed by atoms with E-state index in [1.54, 1.807) is 6.07 Å². The number of para-hydroxylation sites is 1. The number of rotatable bonds is 5. The number of fused-ring (bicyclic) bond motifs is 1. The molecule has 0 radical (unpaired) electrons. The Kier molecular flexibility index (Phi) is 4.08. The van der Waals surface area contributed by atoms with Gasteiger partial charge in [0.2, 0.25) is 10.0 Å². The highest BCUT2D eigenvalue weighted by Crippen LogP contribution is 2.17. The summed E-state index contributed by atoms with van der Waals surface area (Å²) >= 11 is 0. The first-order valence-electron chi connectivity index (χ1n) is 6.95. The van der Waals surface area contributed by atoms with Crippen molar-refractivity contribution in [2.75, 3.05) is 0 Å². The van der Waals surface area contributed by atoms with Crippen LogP contribution in [0.15, 0.2) is 53.4 Å². The molecule has 124 valence electrons. The Morgan fingerprint density at radius 3 is 2.62 bits per heavy atom. The lowest BCUT2D eigenvalue weighted by atomic mass is 10.2. The maximum Gasteiger partial charge on any atom is 0.335 e. The number of hydrogen-bond acceptors (Lipinski definition) is 3. The molecule has 0 aliphatic carbocycles. The standard InChI is InChI=1S/C16H13FN2O4S/c17-12-5-11(16(20)21)7-14(8-12)24(22,23)18-9-13-6-10-3-1-2-4-15(10)19-13/h1-8,18-19H,9H2,(H,20,21). The average molecular weight is 348 g/mol. The molecule has 0 fully saturated rings. The molecule has 0 amide bonds. The van der Waals surface area contributed by atoms with Gasteiger partial charge in [-0.15, -0.1) is 0 Å². The van der Waals surface area contributed by atoms with E-state index in [0.29, 0.717) is 5.69 Å². The van der Waals surface area contributed by atoms with Gasteiger partial charge in [-0.1, -0.05) is 18.2 Å².